The van der Waals surface area contributed by atoms with Crippen LogP contribution in [0.5, 0.6) is 5.75 Å². The van der Waals surface area contributed by atoms with Crippen LogP contribution in [0, 0.1) is 0 Å². The molecule has 8 nitrogen and oxygen atoms in total. The minimum atomic E-state index is -3.53. The molecule has 3 rings (SSSR count). The van der Waals surface area contributed by atoms with Crippen molar-refractivity contribution in [2.24, 2.45) is 0 Å². The van der Waals surface area contributed by atoms with E-state index in [-0.39, 0.29) is 37.4 Å². The number of anilines is 1. The van der Waals surface area contributed by atoms with E-state index in [1.54, 1.807) is 24.1 Å². The maximum Gasteiger partial charge on any atom is 0.243 e. The van der Waals surface area contributed by atoms with Crippen LogP contribution in [-0.2, 0) is 32.6 Å². The zero-order chi connectivity index (χ0) is 29.1. The van der Waals surface area contributed by atoms with Gasteiger partial charge in [0.2, 0.25) is 21.8 Å². The standard InChI is InChI=1S/C31H45N3O5S/c1-5-24-14-18-27(19-15-24)34(40(4,37)38)22-10-13-30(35)33(23-25-16-20-28(39-3)21-17-25)29(6-2)31(36)32-26-11-8-7-9-12-26/h14-21,26,29H,5-13,22-23H2,1-4H3,(H,32,36). The molecular formula is C31H45N3O5S. The lowest BCUT2D eigenvalue weighted by Gasteiger charge is -2.33. The topological polar surface area (TPSA) is 96.0 Å². The van der Waals surface area contributed by atoms with Crippen LogP contribution in [0.15, 0.2) is 48.5 Å². The molecule has 1 atom stereocenters. The number of ether oxygens (including phenoxy) is 1. The third-order valence-electron chi connectivity index (χ3n) is 7.63. The number of carbonyl (C=O) groups excluding carboxylic acids is 2. The Morgan fingerprint density at radius 1 is 0.975 bits per heavy atom. The zero-order valence-electron chi connectivity index (χ0n) is 24.4. The van der Waals surface area contributed by atoms with Crippen molar-refractivity contribution in [2.75, 3.05) is 24.2 Å². The van der Waals surface area contributed by atoms with Gasteiger partial charge in [-0.3, -0.25) is 13.9 Å². The number of amides is 2. The number of nitrogens with zero attached hydrogens (tertiary/aromatic N) is 2. The fourth-order valence-electron chi connectivity index (χ4n) is 5.29. The Morgan fingerprint density at radius 2 is 1.60 bits per heavy atom. The number of benzene rings is 2. The molecule has 220 valence electrons. The van der Waals surface area contributed by atoms with Crippen LogP contribution in [0.1, 0.15) is 76.3 Å². The summed E-state index contributed by atoms with van der Waals surface area (Å²) in [5, 5.41) is 3.19. The Bertz CT molecular complexity index is 1190. The molecule has 2 aromatic rings. The summed E-state index contributed by atoms with van der Waals surface area (Å²) in [5.41, 5.74) is 2.60. The molecule has 1 unspecified atom stereocenters. The van der Waals surface area contributed by atoms with E-state index in [1.165, 1.54) is 17.0 Å². The van der Waals surface area contributed by atoms with Crippen molar-refractivity contribution in [3.63, 3.8) is 0 Å². The minimum Gasteiger partial charge on any atom is -0.497 e. The van der Waals surface area contributed by atoms with Gasteiger partial charge in [0, 0.05) is 25.6 Å². The average molecular weight is 572 g/mol. The van der Waals surface area contributed by atoms with Gasteiger partial charge in [-0.05, 0) is 67.5 Å². The van der Waals surface area contributed by atoms with Gasteiger partial charge in [-0.1, -0.05) is 57.4 Å². The molecule has 0 aromatic heterocycles. The highest BCUT2D eigenvalue weighted by Gasteiger charge is 2.30. The minimum absolute atomic E-state index is 0.120. The summed E-state index contributed by atoms with van der Waals surface area (Å²) in [6.07, 6.45) is 8.33. The summed E-state index contributed by atoms with van der Waals surface area (Å²) < 4.78 is 31.8. The third kappa shape index (κ3) is 8.98. The molecule has 1 aliphatic rings. The molecule has 9 heteroatoms. The molecule has 0 heterocycles. The van der Waals surface area contributed by atoms with Crippen LogP contribution < -0.4 is 14.4 Å². The van der Waals surface area contributed by atoms with Gasteiger partial charge in [-0.2, -0.15) is 0 Å². The molecule has 0 bridgehead atoms. The molecular weight excluding hydrogens is 526 g/mol. The third-order valence-corrected chi connectivity index (χ3v) is 8.83. The Hall–Kier alpha value is -3.07. The fraction of sp³-hybridized carbons (Fsp3) is 0.548. The molecule has 1 saturated carbocycles. The Balaban J connectivity index is 1.75. The first kappa shape index (κ1) is 31.5. The van der Waals surface area contributed by atoms with E-state index in [0.717, 1.165) is 49.0 Å². The summed E-state index contributed by atoms with van der Waals surface area (Å²) >= 11 is 0. The van der Waals surface area contributed by atoms with Gasteiger partial charge in [0.25, 0.3) is 0 Å². The number of hydrogen-bond donors (Lipinski definition) is 1. The highest BCUT2D eigenvalue weighted by molar-refractivity contribution is 7.92. The average Bonchev–Trinajstić information content (AvgIpc) is 2.95. The van der Waals surface area contributed by atoms with Gasteiger partial charge in [0.1, 0.15) is 11.8 Å². The van der Waals surface area contributed by atoms with E-state index in [9.17, 15) is 18.0 Å². The van der Waals surface area contributed by atoms with Crippen molar-refractivity contribution in [1.29, 1.82) is 0 Å². The second kappa shape index (κ2) is 15.1. The monoisotopic (exact) mass is 571 g/mol. The molecule has 0 saturated heterocycles. The van der Waals surface area contributed by atoms with E-state index in [0.29, 0.717) is 18.5 Å². The van der Waals surface area contributed by atoms with Crippen LogP contribution in [0.3, 0.4) is 0 Å². The molecule has 40 heavy (non-hydrogen) atoms. The normalized spacial score (nSPS) is 14.8. The van der Waals surface area contributed by atoms with Crippen molar-refractivity contribution >= 4 is 27.5 Å². The molecule has 0 radical (unpaired) electrons. The number of methoxy groups -OCH3 is 1. The zero-order valence-corrected chi connectivity index (χ0v) is 25.2. The maximum atomic E-state index is 13.7. The second-order valence-corrected chi connectivity index (χ2v) is 12.5. The van der Waals surface area contributed by atoms with Crippen molar-refractivity contribution in [1.82, 2.24) is 10.2 Å². The van der Waals surface area contributed by atoms with Gasteiger partial charge in [0.15, 0.2) is 0 Å². The van der Waals surface area contributed by atoms with Crippen LogP contribution in [0.4, 0.5) is 5.69 Å². The van der Waals surface area contributed by atoms with E-state index < -0.39 is 16.1 Å². The van der Waals surface area contributed by atoms with E-state index in [4.69, 9.17) is 4.74 Å². The Morgan fingerprint density at radius 3 is 2.15 bits per heavy atom. The van der Waals surface area contributed by atoms with Crippen LogP contribution in [0.25, 0.3) is 0 Å². The predicted octanol–water partition coefficient (Wildman–Crippen LogP) is 5.06. The van der Waals surface area contributed by atoms with Gasteiger partial charge in [-0.25, -0.2) is 8.42 Å². The highest BCUT2D eigenvalue weighted by Crippen LogP contribution is 2.22. The number of hydrogen-bond acceptors (Lipinski definition) is 5. The summed E-state index contributed by atoms with van der Waals surface area (Å²) in [7, 11) is -1.93. The molecule has 1 aliphatic carbocycles. The van der Waals surface area contributed by atoms with Crippen molar-refractivity contribution in [3.8, 4) is 5.75 Å². The van der Waals surface area contributed by atoms with Gasteiger partial charge >= 0.3 is 0 Å². The van der Waals surface area contributed by atoms with Crippen LogP contribution in [0.2, 0.25) is 0 Å². The summed E-state index contributed by atoms with van der Waals surface area (Å²) in [5.74, 6) is 0.429. The second-order valence-electron chi connectivity index (χ2n) is 10.6. The number of sulfonamides is 1. The highest BCUT2D eigenvalue weighted by atomic mass is 32.2. The SMILES string of the molecule is CCc1ccc(N(CCCC(=O)N(Cc2ccc(OC)cc2)C(CC)C(=O)NC2CCCCC2)S(C)(=O)=O)cc1. The first-order valence-electron chi connectivity index (χ1n) is 14.5. The Labute approximate surface area is 240 Å². The predicted molar refractivity (Wildman–Crippen MR) is 160 cm³/mol. The largest absolute Gasteiger partial charge is 0.497 e. The van der Waals surface area contributed by atoms with Gasteiger partial charge in [0.05, 0.1) is 19.1 Å². The van der Waals surface area contributed by atoms with Gasteiger partial charge in [-0.15, -0.1) is 0 Å². The van der Waals surface area contributed by atoms with E-state index >= 15 is 0 Å². The molecule has 1 N–H and O–H groups in total. The van der Waals surface area contributed by atoms with E-state index in [2.05, 4.69) is 5.32 Å². The maximum absolute atomic E-state index is 13.7. The van der Waals surface area contributed by atoms with Crippen LogP contribution >= 0.6 is 0 Å². The van der Waals surface area contributed by atoms with Gasteiger partial charge < -0.3 is 15.0 Å². The quantitative estimate of drug-likeness (QED) is 0.342. The number of rotatable bonds is 14. The summed E-state index contributed by atoms with van der Waals surface area (Å²) in [6.45, 7) is 4.43. The molecule has 0 spiro atoms. The van der Waals surface area contributed by atoms with E-state index in [1.807, 2.05) is 50.2 Å². The molecule has 1 fully saturated rings. The van der Waals surface area contributed by atoms with Crippen LogP contribution in [-0.4, -0.2) is 57.1 Å². The lowest BCUT2D eigenvalue weighted by Crippen LogP contribution is -2.51. The molecule has 2 amide bonds. The lowest BCUT2D eigenvalue weighted by molar-refractivity contribution is -0.141. The molecule has 0 aliphatic heterocycles. The number of aryl methyl sites for hydroxylation is 1. The first-order valence-corrected chi connectivity index (χ1v) is 16.3. The van der Waals surface area contributed by atoms with Crippen molar-refractivity contribution < 1.29 is 22.7 Å². The lowest BCUT2D eigenvalue weighted by atomic mass is 9.95. The molecule has 2 aromatic carbocycles. The fourth-order valence-corrected chi connectivity index (χ4v) is 6.26. The Kier molecular flexibility index (Phi) is 11.9. The smallest absolute Gasteiger partial charge is 0.243 e. The summed E-state index contributed by atoms with van der Waals surface area (Å²) in [6, 6.07) is 14.5. The summed E-state index contributed by atoms with van der Waals surface area (Å²) in [4.78, 5) is 28.7. The number of carbonyl (C=O) groups is 2. The van der Waals surface area contributed by atoms with Crippen molar-refractivity contribution in [2.45, 2.75) is 90.3 Å². The number of nitrogens with one attached hydrogen (secondary N) is 1. The van der Waals surface area contributed by atoms with Crippen molar-refractivity contribution in [3.05, 3.63) is 59.7 Å². The first-order chi connectivity index (χ1) is 19.2.